The summed E-state index contributed by atoms with van der Waals surface area (Å²) < 4.78 is 5.24. The smallest absolute Gasteiger partial charge is 0.216 e. The predicted octanol–water partition coefficient (Wildman–Crippen LogP) is 1.99. The lowest BCUT2D eigenvalue weighted by atomic mass is 9.98. The Labute approximate surface area is 108 Å². The van der Waals surface area contributed by atoms with Gasteiger partial charge in [-0.25, -0.2) is 0 Å². The van der Waals surface area contributed by atoms with E-state index in [1.54, 1.807) is 7.11 Å². The predicted molar refractivity (Wildman–Crippen MR) is 70.7 cm³/mol. The number of hydrogen-bond donors (Lipinski definition) is 2. The van der Waals surface area contributed by atoms with Crippen LogP contribution in [0, 0.1) is 0 Å². The summed E-state index contributed by atoms with van der Waals surface area (Å²) in [6, 6.07) is 5.76. The molecule has 100 valence electrons. The van der Waals surface area contributed by atoms with Crippen molar-refractivity contribution in [3.05, 3.63) is 29.3 Å². The maximum Gasteiger partial charge on any atom is 0.216 e. The first-order chi connectivity index (χ1) is 8.45. The highest BCUT2D eigenvalue weighted by atomic mass is 16.5. The molecule has 2 N–H and O–H groups in total. The molecule has 4 nitrogen and oxygen atoms in total. The van der Waals surface area contributed by atoms with Crippen LogP contribution in [0.15, 0.2) is 18.2 Å². The molecule has 0 bridgehead atoms. The van der Waals surface area contributed by atoms with E-state index in [9.17, 15) is 9.90 Å². The summed E-state index contributed by atoms with van der Waals surface area (Å²) >= 11 is 0. The van der Waals surface area contributed by atoms with Crippen LogP contribution in [0.4, 0.5) is 0 Å². The Kier molecular flexibility index (Phi) is 5.16. The van der Waals surface area contributed by atoms with Gasteiger partial charge < -0.3 is 15.2 Å². The molecule has 1 aromatic rings. The third-order valence-corrected chi connectivity index (χ3v) is 2.82. The molecule has 1 unspecified atom stereocenters. The fraction of sp³-hybridized carbons (Fsp3) is 0.500. The zero-order valence-corrected chi connectivity index (χ0v) is 11.4. The first-order valence-corrected chi connectivity index (χ1v) is 6.06. The van der Waals surface area contributed by atoms with Gasteiger partial charge in [0.1, 0.15) is 5.75 Å². The molecule has 0 spiro atoms. The molecule has 0 heterocycles. The summed E-state index contributed by atoms with van der Waals surface area (Å²) in [4.78, 5) is 10.9. The molecule has 0 aliphatic carbocycles. The number of hydrogen-bond acceptors (Lipinski definition) is 3. The molecule has 18 heavy (non-hydrogen) atoms. The second kappa shape index (κ2) is 6.40. The third kappa shape index (κ3) is 3.74. The number of benzene rings is 1. The van der Waals surface area contributed by atoms with Gasteiger partial charge in [-0.1, -0.05) is 19.9 Å². The van der Waals surface area contributed by atoms with Crippen molar-refractivity contribution in [3.8, 4) is 5.75 Å². The Hall–Kier alpha value is -1.55. The van der Waals surface area contributed by atoms with Gasteiger partial charge in [-0.3, -0.25) is 4.79 Å². The minimum atomic E-state index is -0.762. The lowest BCUT2D eigenvalue weighted by Crippen LogP contribution is -2.26. The topological polar surface area (TPSA) is 58.6 Å². The summed E-state index contributed by atoms with van der Waals surface area (Å²) in [5.74, 6) is 0.855. The van der Waals surface area contributed by atoms with Crippen molar-refractivity contribution in [3.63, 3.8) is 0 Å². The average molecular weight is 251 g/mol. The van der Waals surface area contributed by atoms with Crippen molar-refractivity contribution in [2.45, 2.75) is 32.8 Å². The quantitative estimate of drug-likeness (QED) is 0.841. The van der Waals surface area contributed by atoms with E-state index >= 15 is 0 Å². The second-order valence-electron chi connectivity index (χ2n) is 4.61. The van der Waals surface area contributed by atoms with E-state index in [1.807, 2.05) is 18.2 Å². The number of methoxy groups -OCH3 is 1. The first kappa shape index (κ1) is 14.5. The number of carbonyl (C=O) groups excluding carboxylic acids is 1. The van der Waals surface area contributed by atoms with Crippen LogP contribution in [0.2, 0.25) is 0 Å². The lowest BCUT2D eigenvalue weighted by molar-refractivity contribution is -0.119. The van der Waals surface area contributed by atoms with E-state index in [0.717, 1.165) is 5.56 Å². The number of aliphatic hydroxyl groups is 1. The number of rotatable bonds is 5. The molecule has 0 aromatic heterocycles. The van der Waals surface area contributed by atoms with Crippen molar-refractivity contribution in [1.29, 1.82) is 0 Å². The Morgan fingerprint density at radius 2 is 2.11 bits per heavy atom. The summed E-state index contributed by atoms with van der Waals surface area (Å²) in [5, 5.41) is 12.7. The number of ether oxygens (including phenoxy) is 1. The van der Waals surface area contributed by atoms with E-state index < -0.39 is 6.10 Å². The van der Waals surface area contributed by atoms with Gasteiger partial charge in [-0.15, -0.1) is 0 Å². The Morgan fingerprint density at radius 1 is 1.44 bits per heavy atom. The van der Waals surface area contributed by atoms with Crippen molar-refractivity contribution < 1.29 is 14.6 Å². The molecular weight excluding hydrogens is 230 g/mol. The van der Waals surface area contributed by atoms with Crippen LogP contribution >= 0.6 is 0 Å². The molecule has 1 rings (SSSR count). The van der Waals surface area contributed by atoms with Crippen LogP contribution in [-0.2, 0) is 4.79 Å². The molecule has 0 saturated heterocycles. The molecule has 0 saturated carbocycles. The van der Waals surface area contributed by atoms with Gasteiger partial charge in [0.25, 0.3) is 0 Å². The molecule has 4 heteroatoms. The number of carbonyl (C=O) groups is 1. The molecule has 1 aromatic carbocycles. The van der Waals surface area contributed by atoms with Crippen molar-refractivity contribution in [2.24, 2.45) is 0 Å². The number of nitrogens with one attached hydrogen (secondary N) is 1. The Balaban J connectivity index is 2.96. The van der Waals surface area contributed by atoms with Gasteiger partial charge >= 0.3 is 0 Å². The van der Waals surface area contributed by atoms with Crippen molar-refractivity contribution >= 4 is 5.91 Å². The molecule has 0 aliphatic heterocycles. The fourth-order valence-corrected chi connectivity index (χ4v) is 1.72. The van der Waals surface area contributed by atoms with E-state index in [4.69, 9.17) is 4.74 Å². The van der Waals surface area contributed by atoms with Crippen LogP contribution < -0.4 is 10.1 Å². The maximum atomic E-state index is 10.9. The van der Waals surface area contributed by atoms with Gasteiger partial charge in [0.2, 0.25) is 5.91 Å². The van der Waals surface area contributed by atoms with Gasteiger partial charge in [0, 0.05) is 19.0 Å². The molecular formula is C14H21NO3. The monoisotopic (exact) mass is 251 g/mol. The summed E-state index contributed by atoms with van der Waals surface area (Å²) in [7, 11) is 1.57. The van der Waals surface area contributed by atoms with Gasteiger partial charge in [0.05, 0.1) is 13.2 Å². The summed E-state index contributed by atoms with van der Waals surface area (Å²) in [6.45, 7) is 5.79. The normalized spacial score (nSPS) is 12.3. The molecule has 1 atom stereocenters. The summed E-state index contributed by atoms with van der Waals surface area (Å²) in [5.41, 5.74) is 1.84. The summed E-state index contributed by atoms with van der Waals surface area (Å²) in [6.07, 6.45) is -0.762. The van der Waals surface area contributed by atoms with E-state index in [0.29, 0.717) is 17.2 Å². The van der Waals surface area contributed by atoms with Crippen LogP contribution in [0.3, 0.4) is 0 Å². The minimum Gasteiger partial charge on any atom is -0.496 e. The molecule has 0 radical (unpaired) electrons. The largest absolute Gasteiger partial charge is 0.496 e. The third-order valence-electron chi connectivity index (χ3n) is 2.82. The highest BCUT2D eigenvalue weighted by Crippen LogP contribution is 2.28. The zero-order valence-electron chi connectivity index (χ0n) is 11.4. The van der Waals surface area contributed by atoms with E-state index in [2.05, 4.69) is 19.2 Å². The molecule has 1 amide bonds. The SMILES string of the molecule is COc1ccc(C(C)C)cc1C(O)CNC(C)=O. The highest BCUT2D eigenvalue weighted by molar-refractivity contribution is 5.72. The fourth-order valence-electron chi connectivity index (χ4n) is 1.72. The number of amides is 1. The zero-order chi connectivity index (χ0) is 13.7. The lowest BCUT2D eigenvalue weighted by Gasteiger charge is -2.17. The maximum absolute atomic E-state index is 10.9. The molecule has 0 fully saturated rings. The van der Waals surface area contributed by atoms with E-state index in [1.165, 1.54) is 6.92 Å². The van der Waals surface area contributed by atoms with Crippen molar-refractivity contribution in [2.75, 3.05) is 13.7 Å². The highest BCUT2D eigenvalue weighted by Gasteiger charge is 2.15. The standard InChI is InChI=1S/C14H21NO3/c1-9(2)11-5-6-14(18-4)12(7-11)13(17)8-15-10(3)16/h5-7,9,13,17H,8H2,1-4H3,(H,15,16). The Bertz CT molecular complexity index is 416. The van der Waals surface area contributed by atoms with E-state index in [-0.39, 0.29) is 12.5 Å². The number of aliphatic hydroxyl groups excluding tert-OH is 1. The van der Waals surface area contributed by atoms with Crippen LogP contribution in [0.5, 0.6) is 5.75 Å². The van der Waals surface area contributed by atoms with Crippen LogP contribution in [-0.4, -0.2) is 24.7 Å². The van der Waals surface area contributed by atoms with Gasteiger partial charge in [-0.2, -0.15) is 0 Å². The Morgan fingerprint density at radius 3 is 2.61 bits per heavy atom. The van der Waals surface area contributed by atoms with Crippen LogP contribution in [0.1, 0.15) is 43.9 Å². The minimum absolute atomic E-state index is 0.159. The van der Waals surface area contributed by atoms with Gasteiger partial charge in [-0.05, 0) is 23.6 Å². The molecule has 0 aliphatic rings. The van der Waals surface area contributed by atoms with Gasteiger partial charge in [0.15, 0.2) is 0 Å². The van der Waals surface area contributed by atoms with Crippen molar-refractivity contribution in [1.82, 2.24) is 5.32 Å². The average Bonchev–Trinajstić information content (AvgIpc) is 2.34. The van der Waals surface area contributed by atoms with Crippen LogP contribution in [0.25, 0.3) is 0 Å². The first-order valence-electron chi connectivity index (χ1n) is 6.06. The second-order valence-corrected chi connectivity index (χ2v) is 4.61.